The van der Waals surface area contributed by atoms with Gasteiger partial charge in [-0.05, 0) is 18.4 Å². The van der Waals surface area contributed by atoms with Gasteiger partial charge < -0.3 is 10.1 Å². The van der Waals surface area contributed by atoms with E-state index in [-0.39, 0.29) is 11.5 Å². The van der Waals surface area contributed by atoms with E-state index >= 15 is 0 Å². The number of aromatic nitrogens is 1. The van der Waals surface area contributed by atoms with Crippen LogP contribution in [0, 0.1) is 11.9 Å². The predicted octanol–water partition coefficient (Wildman–Crippen LogP) is 2.01. The van der Waals surface area contributed by atoms with Crippen molar-refractivity contribution in [2.24, 2.45) is 5.92 Å². The Labute approximate surface area is 107 Å². The molecule has 0 fully saturated rings. The Morgan fingerprint density at radius 2 is 2.33 bits per heavy atom. The van der Waals surface area contributed by atoms with Crippen molar-refractivity contribution in [3.05, 3.63) is 29.8 Å². The van der Waals surface area contributed by atoms with E-state index in [1.165, 1.54) is 12.3 Å². The zero-order chi connectivity index (χ0) is 13.4. The maximum Gasteiger partial charge on any atom is 0.251 e. The highest BCUT2D eigenvalue weighted by Crippen LogP contribution is 2.00. The summed E-state index contributed by atoms with van der Waals surface area (Å²) >= 11 is 0. The molecular weight excluding hydrogens is 235 g/mol. The van der Waals surface area contributed by atoms with Crippen LogP contribution in [0.5, 0.6) is 0 Å². The third kappa shape index (κ3) is 5.72. The number of hydrogen-bond acceptors (Lipinski definition) is 3. The normalized spacial score (nSPS) is 10.7. The average molecular weight is 254 g/mol. The van der Waals surface area contributed by atoms with Gasteiger partial charge in [-0.25, -0.2) is 4.98 Å². The fraction of sp³-hybridized carbons (Fsp3) is 0.538. The molecule has 1 rings (SSSR count). The van der Waals surface area contributed by atoms with Gasteiger partial charge in [-0.2, -0.15) is 4.39 Å². The molecule has 4 nitrogen and oxygen atoms in total. The number of amides is 1. The maximum atomic E-state index is 12.8. The van der Waals surface area contributed by atoms with Crippen LogP contribution in [0.1, 0.15) is 30.6 Å². The molecule has 0 unspecified atom stereocenters. The number of hydrogen-bond donors (Lipinski definition) is 1. The van der Waals surface area contributed by atoms with Crippen LogP contribution < -0.4 is 5.32 Å². The zero-order valence-corrected chi connectivity index (χ0v) is 10.8. The van der Waals surface area contributed by atoms with Gasteiger partial charge in [0, 0.05) is 37.6 Å². The molecule has 0 bridgehead atoms. The molecule has 0 aliphatic heterocycles. The smallest absolute Gasteiger partial charge is 0.251 e. The van der Waals surface area contributed by atoms with Crippen LogP contribution in [0.3, 0.4) is 0 Å². The van der Waals surface area contributed by atoms with Crippen LogP contribution >= 0.6 is 0 Å². The molecule has 0 aliphatic carbocycles. The SMILES string of the molecule is CC(C)COCCCNC(=O)c1ccnc(F)c1. The van der Waals surface area contributed by atoms with Crippen molar-refractivity contribution in [1.82, 2.24) is 10.3 Å². The summed E-state index contributed by atoms with van der Waals surface area (Å²) in [6.45, 7) is 6.02. The van der Waals surface area contributed by atoms with Gasteiger partial charge in [0.2, 0.25) is 5.95 Å². The van der Waals surface area contributed by atoms with E-state index in [2.05, 4.69) is 24.1 Å². The van der Waals surface area contributed by atoms with Crippen LogP contribution in [0.4, 0.5) is 4.39 Å². The molecule has 0 atom stereocenters. The van der Waals surface area contributed by atoms with Gasteiger partial charge in [0.25, 0.3) is 5.91 Å². The van der Waals surface area contributed by atoms with E-state index in [0.717, 1.165) is 19.1 Å². The summed E-state index contributed by atoms with van der Waals surface area (Å²) in [4.78, 5) is 15.0. The van der Waals surface area contributed by atoms with Crippen molar-refractivity contribution in [3.63, 3.8) is 0 Å². The summed E-state index contributed by atoms with van der Waals surface area (Å²) in [5.41, 5.74) is 0.283. The molecule has 0 spiro atoms. The summed E-state index contributed by atoms with van der Waals surface area (Å²) in [5.74, 6) is -0.428. The lowest BCUT2D eigenvalue weighted by Crippen LogP contribution is -2.25. The zero-order valence-electron chi connectivity index (χ0n) is 10.8. The van der Waals surface area contributed by atoms with Crippen LogP contribution in [0.15, 0.2) is 18.3 Å². The van der Waals surface area contributed by atoms with E-state index in [9.17, 15) is 9.18 Å². The van der Waals surface area contributed by atoms with Crippen molar-refractivity contribution in [1.29, 1.82) is 0 Å². The van der Waals surface area contributed by atoms with Gasteiger partial charge in [-0.3, -0.25) is 4.79 Å². The second-order valence-corrected chi connectivity index (χ2v) is 4.45. The number of halogens is 1. The third-order valence-corrected chi connectivity index (χ3v) is 2.19. The summed E-state index contributed by atoms with van der Waals surface area (Å²) < 4.78 is 18.2. The van der Waals surface area contributed by atoms with E-state index in [1.54, 1.807) is 0 Å². The molecule has 1 aromatic rings. The lowest BCUT2D eigenvalue weighted by molar-refractivity contribution is 0.0924. The van der Waals surface area contributed by atoms with Gasteiger partial charge in [0.15, 0.2) is 0 Å². The molecule has 0 saturated carbocycles. The number of carbonyl (C=O) groups is 1. The van der Waals surface area contributed by atoms with Crippen molar-refractivity contribution >= 4 is 5.91 Å². The summed E-state index contributed by atoms with van der Waals surface area (Å²) in [5, 5.41) is 2.70. The minimum Gasteiger partial charge on any atom is -0.381 e. The molecule has 1 N–H and O–H groups in total. The van der Waals surface area contributed by atoms with Crippen LogP contribution in [-0.4, -0.2) is 30.6 Å². The molecule has 1 heterocycles. The number of nitrogens with zero attached hydrogens (tertiary/aromatic N) is 1. The number of nitrogens with one attached hydrogen (secondary N) is 1. The Morgan fingerprint density at radius 3 is 3.00 bits per heavy atom. The van der Waals surface area contributed by atoms with Crippen LogP contribution in [0.25, 0.3) is 0 Å². The quantitative estimate of drug-likeness (QED) is 0.598. The summed E-state index contributed by atoms with van der Waals surface area (Å²) in [6, 6.07) is 2.60. The first kappa shape index (κ1) is 14.6. The summed E-state index contributed by atoms with van der Waals surface area (Å²) in [6.07, 6.45) is 2.02. The number of rotatable bonds is 7. The molecule has 5 heteroatoms. The first-order valence-corrected chi connectivity index (χ1v) is 6.07. The number of pyridine rings is 1. The molecule has 1 amide bonds. The highest BCUT2D eigenvalue weighted by Gasteiger charge is 2.05. The molecule has 1 aromatic heterocycles. The monoisotopic (exact) mass is 254 g/mol. The Bertz CT molecular complexity index is 383. The number of carbonyl (C=O) groups excluding carboxylic acids is 1. The maximum absolute atomic E-state index is 12.8. The first-order valence-electron chi connectivity index (χ1n) is 6.07. The van der Waals surface area contributed by atoms with Crippen molar-refractivity contribution in [2.45, 2.75) is 20.3 Å². The Hall–Kier alpha value is -1.49. The fourth-order valence-electron chi connectivity index (χ4n) is 1.34. The van der Waals surface area contributed by atoms with E-state index in [0.29, 0.717) is 19.1 Å². The lowest BCUT2D eigenvalue weighted by Gasteiger charge is -2.07. The molecule has 0 radical (unpaired) electrons. The van der Waals surface area contributed by atoms with Crippen molar-refractivity contribution in [2.75, 3.05) is 19.8 Å². The fourth-order valence-corrected chi connectivity index (χ4v) is 1.34. The number of ether oxygens (including phenoxy) is 1. The van der Waals surface area contributed by atoms with E-state index in [1.807, 2.05) is 0 Å². The van der Waals surface area contributed by atoms with Gasteiger partial charge in [-0.1, -0.05) is 13.8 Å². The van der Waals surface area contributed by atoms with Gasteiger partial charge in [0.1, 0.15) is 0 Å². The van der Waals surface area contributed by atoms with Gasteiger partial charge >= 0.3 is 0 Å². The van der Waals surface area contributed by atoms with Crippen molar-refractivity contribution < 1.29 is 13.9 Å². The van der Waals surface area contributed by atoms with Crippen LogP contribution in [0.2, 0.25) is 0 Å². The van der Waals surface area contributed by atoms with Gasteiger partial charge in [-0.15, -0.1) is 0 Å². The first-order chi connectivity index (χ1) is 8.59. The van der Waals surface area contributed by atoms with E-state index < -0.39 is 5.95 Å². The largest absolute Gasteiger partial charge is 0.381 e. The Kier molecular flexibility index (Phi) is 6.28. The van der Waals surface area contributed by atoms with E-state index in [4.69, 9.17) is 4.74 Å². The van der Waals surface area contributed by atoms with Gasteiger partial charge in [0.05, 0.1) is 0 Å². The molecule has 18 heavy (non-hydrogen) atoms. The average Bonchev–Trinajstić information content (AvgIpc) is 2.33. The molecule has 0 saturated heterocycles. The highest BCUT2D eigenvalue weighted by molar-refractivity contribution is 5.93. The third-order valence-electron chi connectivity index (χ3n) is 2.19. The van der Waals surface area contributed by atoms with Crippen molar-refractivity contribution in [3.8, 4) is 0 Å². The standard InChI is InChI=1S/C13H19FN2O2/c1-10(2)9-18-7-3-5-16-13(17)11-4-6-15-12(14)8-11/h4,6,8,10H,3,5,7,9H2,1-2H3,(H,16,17). The Morgan fingerprint density at radius 1 is 1.56 bits per heavy atom. The molecule has 100 valence electrons. The predicted molar refractivity (Wildman–Crippen MR) is 66.8 cm³/mol. The topological polar surface area (TPSA) is 51.2 Å². The Balaban J connectivity index is 2.18. The molecule has 0 aromatic carbocycles. The minimum absolute atomic E-state index is 0.283. The molecule has 0 aliphatic rings. The summed E-state index contributed by atoms with van der Waals surface area (Å²) in [7, 11) is 0. The second-order valence-electron chi connectivity index (χ2n) is 4.45. The van der Waals surface area contributed by atoms with Crippen LogP contribution in [-0.2, 0) is 4.74 Å². The highest BCUT2D eigenvalue weighted by atomic mass is 19.1. The minimum atomic E-state index is -0.650. The lowest BCUT2D eigenvalue weighted by atomic mass is 10.2. The molecular formula is C13H19FN2O2. The second kappa shape index (κ2) is 7.76.